The maximum absolute atomic E-state index is 13.8. The standard InChI is InChI=1S/C15H16F2N2OS/c1-8(2)21-15-18-12(7-13(20)19-15)9(3)14-10(16)5-4-6-11(14)17/h4-9H,1-3H3,(H,18,19,20)/t9-/m0/s1. The van der Waals surface area contributed by atoms with Gasteiger partial charge in [-0.3, -0.25) is 4.79 Å². The second-order valence-corrected chi connectivity index (χ2v) is 6.56. The van der Waals surface area contributed by atoms with E-state index in [9.17, 15) is 13.6 Å². The summed E-state index contributed by atoms with van der Waals surface area (Å²) >= 11 is 1.39. The van der Waals surface area contributed by atoms with E-state index in [0.29, 0.717) is 10.9 Å². The average Bonchev–Trinajstić information content (AvgIpc) is 2.36. The van der Waals surface area contributed by atoms with Crippen LogP contribution in [0.3, 0.4) is 0 Å². The minimum Gasteiger partial charge on any atom is -0.301 e. The van der Waals surface area contributed by atoms with Crippen molar-refractivity contribution in [3.63, 3.8) is 0 Å². The molecule has 0 aliphatic heterocycles. The molecule has 1 aromatic heterocycles. The molecule has 0 radical (unpaired) electrons. The summed E-state index contributed by atoms with van der Waals surface area (Å²) in [6.45, 7) is 5.57. The molecule has 0 fully saturated rings. The highest BCUT2D eigenvalue weighted by atomic mass is 32.2. The zero-order valence-electron chi connectivity index (χ0n) is 12.0. The molecule has 0 bridgehead atoms. The quantitative estimate of drug-likeness (QED) is 0.692. The van der Waals surface area contributed by atoms with Gasteiger partial charge in [0.25, 0.3) is 5.56 Å². The maximum Gasteiger partial charge on any atom is 0.251 e. The molecule has 0 aliphatic carbocycles. The second kappa shape index (κ2) is 6.39. The Kier molecular flexibility index (Phi) is 4.77. The first-order valence-electron chi connectivity index (χ1n) is 6.60. The fourth-order valence-electron chi connectivity index (χ4n) is 2.03. The second-order valence-electron chi connectivity index (χ2n) is 5.00. The fraction of sp³-hybridized carbons (Fsp3) is 0.333. The Labute approximate surface area is 125 Å². The first kappa shape index (κ1) is 15.7. The molecule has 1 atom stereocenters. The Hall–Kier alpha value is -1.69. The molecule has 1 heterocycles. The molecule has 21 heavy (non-hydrogen) atoms. The number of nitrogens with one attached hydrogen (secondary N) is 1. The summed E-state index contributed by atoms with van der Waals surface area (Å²) in [4.78, 5) is 18.6. The van der Waals surface area contributed by atoms with Crippen LogP contribution in [0, 0.1) is 11.6 Å². The topological polar surface area (TPSA) is 45.8 Å². The molecule has 0 aliphatic rings. The number of hydrogen-bond acceptors (Lipinski definition) is 3. The molecule has 0 saturated carbocycles. The highest BCUT2D eigenvalue weighted by Crippen LogP contribution is 2.28. The highest BCUT2D eigenvalue weighted by molar-refractivity contribution is 7.99. The van der Waals surface area contributed by atoms with Crippen molar-refractivity contribution in [3.05, 3.63) is 57.5 Å². The fourth-order valence-corrected chi connectivity index (χ4v) is 2.79. The van der Waals surface area contributed by atoms with Crippen molar-refractivity contribution in [2.45, 2.75) is 37.1 Å². The molecular weight excluding hydrogens is 294 g/mol. The van der Waals surface area contributed by atoms with Gasteiger partial charge in [0.15, 0.2) is 5.16 Å². The molecule has 6 heteroatoms. The van der Waals surface area contributed by atoms with E-state index in [1.807, 2.05) is 13.8 Å². The summed E-state index contributed by atoms with van der Waals surface area (Å²) in [5, 5.41) is 0.694. The van der Waals surface area contributed by atoms with E-state index >= 15 is 0 Å². The maximum atomic E-state index is 13.8. The number of thioether (sulfide) groups is 1. The molecule has 0 unspecified atom stereocenters. The third kappa shape index (κ3) is 3.69. The van der Waals surface area contributed by atoms with E-state index in [0.717, 1.165) is 0 Å². The lowest BCUT2D eigenvalue weighted by Gasteiger charge is -2.14. The van der Waals surface area contributed by atoms with Crippen molar-refractivity contribution < 1.29 is 8.78 Å². The lowest BCUT2D eigenvalue weighted by molar-refractivity contribution is 0.543. The molecule has 2 aromatic rings. The van der Waals surface area contributed by atoms with Gasteiger partial charge in [0.05, 0.1) is 5.69 Å². The van der Waals surface area contributed by atoms with Crippen LogP contribution in [0.5, 0.6) is 0 Å². The van der Waals surface area contributed by atoms with Crippen molar-refractivity contribution in [2.24, 2.45) is 0 Å². The summed E-state index contributed by atoms with van der Waals surface area (Å²) < 4.78 is 27.7. The summed E-state index contributed by atoms with van der Waals surface area (Å²) in [5.74, 6) is -1.91. The van der Waals surface area contributed by atoms with Crippen LogP contribution in [0.1, 0.15) is 37.9 Å². The van der Waals surface area contributed by atoms with Crippen molar-refractivity contribution in [2.75, 3.05) is 0 Å². The van der Waals surface area contributed by atoms with Gasteiger partial charge in [0, 0.05) is 22.8 Å². The Morgan fingerprint density at radius 3 is 2.38 bits per heavy atom. The van der Waals surface area contributed by atoms with Gasteiger partial charge >= 0.3 is 0 Å². The number of aromatic amines is 1. The van der Waals surface area contributed by atoms with Crippen LogP contribution in [0.25, 0.3) is 0 Å². The predicted molar refractivity (Wildman–Crippen MR) is 79.7 cm³/mol. The number of H-pyrrole nitrogens is 1. The molecule has 3 nitrogen and oxygen atoms in total. The zero-order valence-corrected chi connectivity index (χ0v) is 12.8. The average molecular weight is 310 g/mol. The summed E-state index contributed by atoms with van der Waals surface area (Å²) in [6, 6.07) is 4.99. The van der Waals surface area contributed by atoms with E-state index in [4.69, 9.17) is 0 Å². The Balaban J connectivity index is 2.46. The van der Waals surface area contributed by atoms with Crippen LogP contribution in [0.15, 0.2) is 34.2 Å². The molecule has 0 spiro atoms. The zero-order chi connectivity index (χ0) is 15.6. The molecule has 1 aromatic carbocycles. The molecule has 112 valence electrons. The van der Waals surface area contributed by atoms with Gasteiger partial charge in [-0.1, -0.05) is 38.6 Å². The first-order chi connectivity index (χ1) is 9.88. The number of nitrogens with zero attached hydrogens (tertiary/aromatic N) is 1. The van der Waals surface area contributed by atoms with Gasteiger partial charge in [0.2, 0.25) is 0 Å². The summed E-state index contributed by atoms with van der Waals surface area (Å²) in [5.41, 5.74) is -0.0475. The molecule has 0 saturated heterocycles. The number of hydrogen-bond donors (Lipinski definition) is 1. The van der Waals surface area contributed by atoms with Crippen LogP contribution in [-0.2, 0) is 0 Å². The van der Waals surface area contributed by atoms with E-state index in [2.05, 4.69) is 9.97 Å². The van der Waals surface area contributed by atoms with Gasteiger partial charge in [-0.25, -0.2) is 13.8 Å². The van der Waals surface area contributed by atoms with E-state index < -0.39 is 17.6 Å². The first-order valence-corrected chi connectivity index (χ1v) is 7.48. The predicted octanol–water partition coefficient (Wildman–Crippen LogP) is 3.70. The van der Waals surface area contributed by atoms with Gasteiger partial charge < -0.3 is 4.98 Å². The van der Waals surface area contributed by atoms with Crippen LogP contribution >= 0.6 is 11.8 Å². The number of halogens is 2. The largest absolute Gasteiger partial charge is 0.301 e. The lowest BCUT2D eigenvalue weighted by atomic mass is 9.96. The number of rotatable bonds is 4. The van der Waals surface area contributed by atoms with Crippen LogP contribution in [0.4, 0.5) is 8.78 Å². The van der Waals surface area contributed by atoms with Gasteiger partial charge in [-0.15, -0.1) is 0 Å². The minimum atomic E-state index is -0.639. The van der Waals surface area contributed by atoms with Crippen LogP contribution < -0.4 is 5.56 Å². The number of benzene rings is 1. The van der Waals surface area contributed by atoms with Crippen molar-refractivity contribution in [3.8, 4) is 0 Å². The smallest absolute Gasteiger partial charge is 0.251 e. The Morgan fingerprint density at radius 2 is 1.81 bits per heavy atom. The van der Waals surface area contributed by atoms with Crippen molar-refractivity contribution in [1.82, 2.24) is 9.97 Å². The third-order valence-electron chi connectivity index (χ3n) is 2.96. The third-order valence-corrected chi connectivity index (χ3v) is 3.85. The summed E-state index contributed by atoms with van der Waals surface area (Å²) in [7, 11) is 0. The van der Waals surface area contributed by atoms with E-state index in [1.165, 1.54) is 36.0 Å². The van der Waals surface area contributed by atoms with Crippen LogP contribution in [-0.4, -0.2) is 15.2 Å². The SMILES string of the molecule is CC(C)Sc1nc([C@H](C)c2c(F)cccc2F)cc(=O)[nH]1. The Morgan fingerprint density at radius 1 is 1.19 bits per heavy atom. The molecule has 0 amide bonds. The van der Waals surface area contributed by atoms with Gasteiger partial charge in [0.1, 0.15) is 11.6 Å². The van der Waals surface area contributed by atoms with Crippen LogP contribution in [0.2, 0.25) is 0 Å². The normalized spacial score (nSPS) is 12.7. The van der Waals surface area contributed by atoms with E-state index in [-0.39, 0.29) is 16.4 Å². The molecule has 1 N–H and O–H groups in total. The monoisotopic (exact) mass is 310 g/mol. The highest BCUT2D eigenvalue weighted by Gasteiger charge is 2.20. The van der Waals surface area contributed by atoms with Gasteiger partial charge in [-0.05, 0) is 12.1 Å². The summed E-state index contributed by atoms with van der Waals surface area (Å²) in [6.07, 6.45) is 0. The Bertz CT molecular complexity index is 680. The van der Waals surface area contributed by atoms with Crippen molar-refractivity contribution >= 4 is 11.8 Å². The number of aromatic nitrogens is 2. The van der Waals surface area contributed by atoms with E-state index in [1.54, 1.807) is 6.92 Å². The van der Waals surface area contributed by atoms with Gasteiger partial charge in [-0.2, -0.15) is 0 Å². The van der Waals surface area contributed by atoms with Crippen molar-refractivity contribution in [1.29, 1.82) is 0 Å². The minimum absolute atomic E-state index is 0.0731. The molecule has 2 rings (SSSR count). The lowest BCUT2D eigenvalue weighted by Crippen LogP contribution is -2.14. The molecular formula is C15H16F2N2OS.